The minimum absolute atomic E-state index is 0.00683. The van der Waals surface area contributed by atoms with Crippen molar-refractivity contribution in [3.63, 3.8) is 0 Å². The number of aryl methyl sites for hydroxylation is 1. The maximum absolute atomic E-state index is 12.2. The first-order chi connectivity index (χ1) is 14.0. The highest BCUT2D eigenvalue weighted by Gasteiger charge is 2.17. The summed E-state index contributed by atoms with van der Waals surface area (Å²) in [7, 11) is 0. The van der Waals surface area contributed by atoms with E-state index in [9.17, 15) is 4.79 Å². The van der Waals surface area contributed by atoms with Crippen LogP contribution in [0, 0.1) is 5.92 Å². The van der Waals surface area contributed by atoms with Crippen LogP contribution in [0.25, 0.3) is 17.1 Å². The van der Waals surface area contributed by atoms with Crippen molar-refractivity contribution in [2.75, 3.05) is 12.3 Å². The largest absolute Gasteiger partial charge is 0.355 e. The van der Waals surface area contributed by atoms with Gasteiger partial charge in [0.2, 0.25) is 5.91 Å². The number of benzene rings is 2. The highest BCUT2D eigenvalue weighted by Crippen LogP contribution is 2.29. The van der Waals surface area contributed by atoms with E-state index in [0.717, 1.165) is 23.5 Å². The van der Waals surface area contributed by atoms with Gasteiger partial charge in [-0.15, -0.1) is 10.2 Å². The van der Waals surface area contributed by atoms with E-state index in [2.05, 4.69) is 60.6 Å². The number of hydrogen-bond donors (Lipinski definition) is 1. The predicted octanol–water partition coefficient (Wildman–Crippen LogP) is 5.01. The maximum Gasteiger partial charge on any atom is 0.230 e. The van der Waals surface area contributed by atoms with Crippen LogP contribution in [-0.2, 0) is 11.2 Å². The van der Waals surface area contributed by atoms with E-state index in [4.69, 9.17) is 11.6 Å². The van der Waals surface area contributed by atoms with Gasteiger partial charge in [0.15, 0.2) is 11.0 Å². The molecule has 1 N–H and O–H groups in total. The van der Waals surface area contributed by atoms with Gasteiger partial charge >= 0.3 is 0 Å². The lowest BCUT2D eigenvalue weighted by Crippen LogP contribution is -2.28. The summed E-state index contributed by atoms with van der Waals surface area (Å²) < 4.78 is 1.99. The van der Waals surface area contributed by atoms with Gasteiger partial charge in [0.05, 0.1) is 5.75 Å². The molecule has 3 aromatic rings. The van der Waals surface area contributed by atoms with Crippen LogP contribution in [0.4, 0.5) is 0 Å². The van der Waals surface area contributed by atoms with E-state index in [1.807, 2.05) is 28.8 Å². The summed E-state index contributed by atoms with van der Waals surface area (Å²) in [4.78, 5) is 12.2. The van der Waals surface area contributed by atoms with Crippen molar-refractivity contribution < 1.29 is 4.79 Å². The number of hydrogen-bond acceptors (Lipinski definition) is 4. The van der Waals surface area contributed by atoms with Gasteiger partial charge in [0.1, 0.15) is 0 Å². The Hall–Kier alpha value is -2.31. The minimum atomic E-state index is -0.00683. The number of amides is 1. The SMILES string of the molecule is CCc1ccc(-n2c(SCC(=O)NCC(C)C)nnc2-c2ccc(Cl)cc2)cc1. The van der Waals surface area contributed by atoms with Gasteiger partial charge in [0.25, 0.3) is 0 Å². The van der Waals surface area contributed by atoms with Crippen LogP contribution in [0.5, 0.6) is 0 Å². The monoisotopic (exact) mass is 428 g/mol. The summed E-state index contributed by atoms with van der Waals surface area (Å²) in [6.45, 7) is 6.94. The van der Waals surface area contributed by atoms with Gasteiger partial charge in [0, 0.05) is 22.8 Å². The molecule has 0 unspecified atom stereocenters. The van der Waals surface area contributed by atoms with Gasteiger partial charge in [-0.25, -0.2) is 0 Å². The van der Waals surface area contributed by atoms with Crippen molar-refractivity contribution in [2.45, 2.75) is 32.3 Å². The van der Waals surface area contributed by atoms with Crippen LogP contribution < -0.4 is 5.32 Å². The first kappa shape index (κ1) is 21.4. The third-order valence-corrected chi connectivity index (χ3v) is 5.56. The van der Waals surface area contributed by atoms with Crippen molar-refractivity contribution in [1.29, 1.82) is 0 Å². The Balaban J connectivity index is 1.91. The summed E-state index contributed by atoms with van der Waals surface area (Å²) in [5.41, 5.74) is 3.14. The van der Waals surface area contributed by atoms with E-state index in [1.165, 1.54) is 17.3 Å². The Morgan fingerprint density at radius 1 is 1.10 bits per heavy atom. The molecule has 7 heteroatoms. The maximum atomic E-state index is 12.2. The van der Waals surface area contributed by atoms with Gasteiger partial charge in [-0.05, 0) is 54.3 Å². The second-order valence-electron chi connectivity index (χ2n) is 7.16. The van der Waals surface area contributed by atoms with Crippen LogP contribution in [0.15, 0.2) is 53.7 Å². The Morgan fingerprint density at radius 3 is 2.41 bits per heavy atom. The van der Waals surface area contributed by atoms with Crippen LogP contribution >= 0.6 is 23.4 Å². The molecule has 0 saturated carbocycles. The van der Waals surface area contributed by atoms with E-state index < -0.39 is 0 Å². The van der Waals surface area contributed by atoms with E-state index >= 15 is 0 Å². The molecule has 0 saturated heterocycles. The molecule has 0 atom stereocenters. The van der Waals surface area contributed by atoms with Crippen LogP contribution in [0.2, 0.25) is 5.02 Å². The van der Waals surface area contributed by atoms with E-state index in [-0.39, 0.29) is 5.91 Å². The Labute approximate surface area is 180 Å². The number of carbonyl (C=O) groups is 1. The topological polar surface area (TPSA) is 59.8 Å². The zero-order chi connectivity index (χ0) is 20.8. The summed E-state index contributed by atoms with van der Waals surface area (Å²) in [6, 6.07) is 15.8. The zero-order valence-electron chi connectivity index (χ0n) is 16.9. The lowest BCUT2D eigenvalue weighted by Gasteiger charge is -2.11. The summed E-state index contributed by atoms with van der Waals surface area (Å²) in [6.07, 6.45) is 0.976. The van der Waals surface area contributed by atoms with Gasteiger partial charge in [-0.2, -0.15) is 0 Å². The Kier molecular flexibility index (Phi) is 7.34. The third kappa shape index (κ3) is 5.61. The minimum Gasteiger partial charge on any atom is -0.355 e. The molecule has 5 nitrogen and oxygen atoms in total. The molecule has 0 aliphatic carbocycles. The molecule has 3 rings (SSSR count). The molecular formula is C22H25ClN4OS. The molecule has 1 heterocycles. The van der Waals surface area contributed by atoms with Crippen LogP contribution in [0.1, 0.15) is 26.3 Å². The molecule has 0 aliphatic rings. The smallest absolute Gasteiger partial charge is 0.230 e. The molecule has 0 bridgehead atoms. The molecule has 0 fully saturated rings. The number of carbonyl (C=O) groups excluding carboxylic acids is 1. The molecule has 29 heavy (non-hydrogen) atoms. The fraction of sp³-hybridized carbons (Fsp3) is 0.318. The Bertz CT molecular complexity index is 952. The van der Waals surface area contributed by atoms with Crippen LogP contribution in [0.3, 0.4) is 0 Å². The average Bonchev–Trinajstić information content (AvgIpc) is 3.15. The van der Waals surface area contributed by atoms with Crippen molar-refractivity contribution in [1.82, 2.24) is 20.1 Å². The average molecular weight is 429 g/mol. The third-order valence-electron chi connectivity index (χ3n) is 4.38. The molecule has 1 amide bonds. The number of aromatic nitrogens is 3. The molecule has 2 aromatic carbocycles. The molecule has 0 radical (unpaired) electrons. The van der Waals surface area contributed by atoms with E-state index in [0.29, 0.717) is 28.4 Å². The standard InChI is InChI=1S/C22H25ClN4OS/c1-4-16-5-11-19(12-6-16)27-21(17-7-9-18(23)10-8-17)25-26-22(27)29-14-20(28)24-13-15(2)3/h5-12,15H,4,13-14H2,1-3H3,(H,24,28). The number of rotatable bonds is 8. The number of nitrogens with zero attached hydrogens (tertiary/aromatic N) is 3. The van der Waals surface area contributed by atoms with Gasteiger partial charge in [-0.1, -0.05) is 56.3 Å². The molecule has 0 aliphatic heterocycles. The number of nitrogens with one attached hydrogen (secondary N) is 1. The predicted molar refractivity (Wildman–Crippen MR) is 120 cm³/mol. The lowest BCUT2D eigenvalue weighted by atomic mass is 10.1. The fourth-order valence-electron chi connectivity index (χ4n) is 2.76. The van der Waals surface area contributed by atoms with Crippen molar-refractivity contribution in [2.24, 2.45) is 5.92 Å². The zero-order valence-corrected chi connectivity index (χ0v) is 18.4. The second-order valence-corrected chi connectivity index (χ2v) is 8.53. The number of halogens is 1. The summed E-state index contributed by atoms with van der Waals surface area (Å²) in [5.74, 6) is 1.42. The number of thioether (sulfide) groups is 1. The van der Waals surface area contributed by atoms with Crippen molar-refractivity contribution in [3.8, 4) is 17.1 Å². The molecular weight excluding hydrogens is 404 g/mol. The lowest BCUT2D eigenvalue weighted by molar-refractivity contribution is -0.118. The second kappa shape index (κ2) is 9.94. The van der Waals surface area contributed by atoms with Crippen LogP contribution in [-0.4, -0.2) is 33.0 Å². The van der Waals surface area contributed by atoms with Crippen molar-refractivity contribution >= 4 is 29.3 Å². The molecule has 152 valence electrons. The highest BCUT2D eigenvalue weighted by atomic mass is 35.5. The van der Waals surface area contributed by atoms with E-state index in [1.54, 1.807) is 0 Å². The summed E-state index contributed by atoms with van der Waals surface area (Å²) in [5, 5.41) is 13.1. The molecule has 1 aromatic heterocycles. The highest BCUT2D eigenvalue weighted by molar-refractivity contribution is 7.99. The first-order valence-corrected chi connectivity index (χ1v) is 11.0. The fourth-order valence-corrected chi connectivity index (χ4v) is 3.67. The van der Waals surface area contributed by atoms with Gasteiger partial charge in [-0.3, -0.25) is 9.36 Å². The summed E-state index contributed by atoms with van der Waals surface area (Å²) >= 11 is 7.42. The first-order valence-electron chi connectivity index (χ1n) is 9.68. The quantitative estimate of drug-likeness (QED) is 0.512. The van der Waals surface area contributed by atoms with Gasteiger partial charge < -0.3 is 5.32 Å². The van der Waals surface area contributed by atoms with Crippen molar-refractivity contribution in [3.05, 3.63) is 59.1 Å². The Morgan fingerprint density at radius 2 is 1.79 bits per heavy atom. The normalized spacial score (nSPS) is 11.1. The molecule has 0 spiro atoms.